The highest BCUT2D eigenvalue weighted by molar-refractivity contribution is 9.10. The highest BCUT2D eigenvalue weighted by atomic mass is 79.9. The van der Waals surface area contributed by atoms with E-state index < -0.39 is 0 Å². The SMILES string of the molecule is C[C@H](O)C[NH2+]Cc1cccc(Br)c1. The Kier molecular flexibility index (Phi) is 4.42. The van der Waals surface area contributed by atoms with E-state index in [1.807, 2.05) is 12.1 Å². The molecule has 0 radical (unpaired) electrons. The molecule has 0 aromatic heterocycles. The van der Waals surface area contributed by atoms with E-state index in [9.17, 15) is 0 Å². The van der Waals surface area contributed by atoms with Gasteiger partial charge in [0.2, 0.25) is 0 Å². The van der Waals surface area contributed by atoms with E-state index in [1.54, 1.807) is 6.92 Å². The molecule has 0 saturated heterocycles. The Balaban J connectivity index is 2.37. The summed E-state index contributed by atoms with van der Waals surface area (Å²) in [6, 6.07) is 8.22. The van der Waals surface area contributed by atoms with Crippen molar-refractivity contribution in [3.8, 4) is 0 Å². The molecule has 72 valence electrons. The molecule has 0 unspecified atom stereocenters. The minimum absolute atomic E-state index is 0.229. The van der Waals surface area contributed by atoms with Gasteiger partial charge < -0.3 is 10.4 Å². The summed E-state index contributed by atoms with van der Waals surface area (Å²) in [7, 11) is 0. The highest BCUT2D eigenvalue weighted by Crippen LogP contribution is 2.10. The molecule has 0 amide bonds. The smallest absolute Gasteiger partial charge is 0.102 e. The molecular formula is C10H15BrNO+. The normalized spacial score (nSPS) is 12.8. The first-order valence-electron chi connectivity index (χ1n) is 4.42. The predicted octanol–water partition coefficient (Wildman–Crippen LogP) is 0.893. The van der Waals surface area contributed by atoms with E-state index >= 15 is 0 Å². The number of quaternary nitrogens is 1. The van der Waals surface area contributed by atoms with E-state index in [0.717, 1.165) is 17.6 Å². The molecule has 3 heteroatoms. The molecule has 1 atom stereocenters. The number of hydrogen-bond donors (Lipinski definition) is 2. The van der Waals surface area contributed by atoms with Crippen molar-refractivity contribution in [1.82, 2.24) is 0 Å². The molecule has 0 aliphatic rings. The van der Waals surface area contributed by atoms with Crippen molar-refractivity contribution in [2.75, 3.05) is 6.54 Å². The number of aliphatic hydroxyl groups is 1. The van der Waals surface area contributed by atoms with Gasteiger partial charge in [-0.25, -0.2) is 0 Å². The minimum Gasteiger partial charge on any atom is -0.388 e. The van der Waals surface area contributed by atoms with Crippen molar-refractivity contribution in [2.45, 2.75) is 19.6 Å². The topological polar surface area (TPSA) is 36.8 Å². The van der Waals surface area contributed by atoms with Gasteiger partial charge in [0.25, 0.3) is 0 Å². The fourth-order valence-corrected chi connectivity index (χ4v) is 1.60. The first-order chi connectivity index (χ1) is 6.18. The maximum Gasteiger partial charge on any atom is 0.102 e. The third kappa shape index (κ3) is 4.41. The largest absolute Gasteiger partial charge is 0.388 e. The second kappa shape index (κ2) is 5.37. The van der Waals surface area contributed by atoms with Crippen LogP contribution in [0.5, 0.6) is 0 Å². The zero-order valence-electron chi connectivity index (χ0n) is 7.70. The van der Waals surface area contributed by atoms with Gasteiger partial charge in [0.15, 0.2) is 0 Å². The summed E-state index contributed by atoms with van der Waals surface area (Å²) in [5, 5.41) is 11.1. The van der Waals surface area contributed by atoms with Crippen LogP contribution < -0.4 is 5.32 Å². The van der Waals surface area contributed by atoms with Gasteiger partial charge in [0, 0.05) is 10.0 Å². The molecule has 0 heterocycles. The summed E-state index contributed by atoms with van der Waals surface area (Å²) in [5.74, 6) is 0. The Hall–Kier alpha value is -0.380. The van der Waals surface area contributed by atoms with Crippen LogP contribution in [0.15, 0.2) is 28.7 Å². The molecular weight excluding hydrogens is 230 g/mol. The van der Waals surface area contributed by atoms with E-state index in [1.165, 1.54) is 5.56 Å². The predicted molar refractivity (Wildman–Crippen MR) is 56.3 cm³/mol. The second-order valence-electron chi connectivity index (χ2n) is 3.21. The Morgan fingerprint density at radius 3 is 2.92 bits per heavy atom. The first kappa shape index (κ1) is 10.7. The lowest BCUT2D eigenvalue weighted by Crippen LogP contribution is -2.84. The summed E-state index contributed by atoms with van der Waals surface area (Å²) in [5.41, 5.74) is 1.27. The average Bonchev–Trinajstić information content (AvgIpc) is 2.03. The lowest BCUT2D eigenvalue weighted by atomic mass is 10.2. The molecule has 0 aliphatic heterocycles. The molecule has 0 saturated carbocycles. The van der Waals surface area contributed by atoms with Crippen molar-refractivity contribution in [3.05, 3.63) is 34.3 Å². The fraction of sp³-hybridized carbons (Fsp3) is 0.400. The number of benzene rings is 1. The van der Waals surface area contributed by atoms with Crippen LogP contribution in [0, 0.1) is 0 Å². The summed E-state index contributed by atoms with van der Waals surface area (Å²) in [4.78, 5) is 0. The molecule has 1 aromatic carbocycles. The number of nitrogens with two attached hydrogens (primary N) is 1. The number of aliphatic hydroxyl groups excluding tert-OH is 1. The third-order valence-electron chi connectivity index (χ3n) is 1.78. The number of hydrogen-bond acceptors (Lipinski definition) is 1. The maximum absolute atomic E-state index is 9.04. The average molecular weight is 245 g/mol. The minimum atomic E-state index is -0.229. The van der Waals surface area contributed by atoms with Crippen LogP contribution >= 0.6 is 15.9 Å². The van der Waals surface area contributed by atoms with Crippen LogP contribution in [0.3, 0.4) is 0 Å². The molecule has 2 nitrogen and oxygen atoms in total. The van der Waals surface area contributed by atoms with E-state index in [-0.39, 0.29) is 6.10 Å². The number of halogens is 1. The van der Waals surface area contributed by atoms with Crippen LogP contribution in [-0.4, -0.2) is 17.8 Å². The Bertz CT molecular complexity index is 263. The molecule has 0 bridgehead atoms. The van der Waals surface area contributed by atoms with Crippen LogP contribution in [0.4, 0.5) is 0 Å². The van der Waals surface area contributed by atoms with E-state index in [0.29, 0.717) is 0 Å². The van der Waals surface area contributed by atoms with Crippen molar-refractivity contribution >= 4 is 15.9 Å². The zero-order chi connectivity index (χ0) is 9.68. The van der Waals surface area contributed by atoms with Gasteiger partial charge in [-0.1, -0.05) is 28.1 Å². The van der Waals surface area contributed by atoms with E-state index in [4.69, 9.17) is 5.11 Å². The van der Waals surface area contributed by atoms with Crippen molar-refractivity contribution in [1.29, 1.82) is 0 Å². The van der Waals surface area contributed by atoms with Gasteiger partial charge in [-0.15, -0.1) is 0 Å². The highest BCUT2D eigenvalue weighted by Gasteiger charge is 1.99. The second-order valence-corrected chi connectivity index (χ2v) is 4.12. The molecule has 1 aromatic rings. The fourth-order valence-electron chi connectivity index (χ4n) is 1.16. The lowest BCUT2D eigenvalue weighted by Gasteiger charge is -2.03. The van der Waals surface area contributed by atoms with Crippen molar-refractivity contribution < 1.29 is 10.4 Å². The third-order valence-corrected chi connectivity index (χ3v) is 2.27. The summed E-state index contributed by atoms with van der Waals surface area (Å²) >= 11 is 3.42. The molecule has 3 N–H and O–H groups in total. The van der Waals surface area contributed by atoms with Gasteiger partial charge in [0.05, 0.1) is 6.10 Å². The van der Waals surface area contributed by atoms with Crippen LogP contribution in [-0.2, 0) is 6.54 Å². The Morgan fingerprint density at radius 1 is 1.54 bits per heavy atom. The quantitative estimate of drug-likeness (QED) is 0.812. The zero-order valence-corrected chi connectivity index (χ0v) is 9.29. The maximum atomic E-state index is 9.04. The number of rotatable bonds is 4. The van der Waals surface area contributed by atoms with Crippen LogP contribution in [0.2, 0.25) is 0 Å². The summed E-state index contributed by atoms with van der Waals surface area (Å²) < 4.78 is 1.11. The standard InChI is InChI=1S/C10H14BrNO/c1-8(13)6-12-7-9-3-2-4-10(11)5-9/h2-5,8,12-13H,6-7H2,1H3/p+1/t8-/m0/s1. The van der Waals surface area contributed by atoms with Gasteiger partial charge in [-0.3, -0.25) is 0 Å². The van der Waals surface area contributed by atoms with E-state index in [2.05, 4.69) is 33.4 Å². The summed E-state index contributed by atoms with van der Waals surface area (Å²) in [6.45, 7) is 3.48. The van der Waals surface area contributed by atoms with Gasteiger partial charge in [-0.05, 0) is 19.1 Å². The monoisotopic (exact) mass is 244 g/mol. The molecule has 1 rings (SSSR count). The van der Waals surface area contributed by atoms with Gasteiger partial charge in [0.1, 0.15) is 13.1 Å². The molecule has 13 heavy (non-hydrogen) atoms. The molecule has 0 aliphatic carbocycles. The van der Waals surface area contributed by atoms with Crippen LogP contribution in [0.25, 0.3) is 0 Å². The van der Waals surface area contributed by atoms with Crippen molar-refractivity contribution in [3.63, 3.8) is 0 Å². The Labute approximate surface area is 87.1 Å². The summed E-state index contributed by atoms with van der Waals surface area (Å²) in [6.07, 6.45) is -0.229. The Morgan fingerprint density at radius 2 is 2.31 bits per heavy atom. The lowest BCUT2D eigenvalue weighted by molar-refractivity contribution is -0.676. The first-order valence-corrected chi connectivity index (χ1v) is 5.22. The van der Waals surface area contributed by atoms with Crippen molar-refractivity contribution in [2.24, 2.45) is 0 Å². The van der Waals surface area contributed by atoms with Crippen LogP contribution in [0.1, 0.15) is 12.5 Å². The molecule has 0 fully saturated rings. The van der Waals surface area contributed by atoms with Gasteiger partial charge in [-0.2, -0.15) is 0 Å². The molecule has 0 spiro atoms. The van der Waals surface area contributed by atoms with Gasteiger partial charge >= 0.3 is 0 Å².